The molecule has 2 atom stereocenters. The number of nitrogens with two attached hydrogens (primary N) is 1. The van der Waals surface area contributed by atoms with Gasteiger partial charge < -0.3 is 11.1 Å². The van der Waals surface area contributed by atoms with Gasteiger partial charge in [0.05, 0.1) is 6.54 Å². The van der Waals surface area contributed by atoms with Gasteiger partial charge >= 0.3 is 6.03 Å². The third-order valence-corrected chi connectivity index (χ3v) is 3.30. The zero-order valence-corrected chi connectivity index (χ0v) is 10.8. The van der Waals surface area contributed by atoms with Gasteiger partial charge in [-0.3, -0.25) is 15.0 Å². The van der Waals surface area contributed by atoms with E-state index in [-0.39, 0.29) is 30.6 Å². The Labute approximate surface area is 107 Å². The molecular weight excluding hydrogens is 232 g/mol. The standard InChI is InChI=1S/C12H22N4O2/c1-8-4-9(13)6-16(5-8)7-11(17)15-12(18)14-10-2-3-10/h8-10H,2-7,13H2,1H3,(H2,14,15,17,18). The first-order valence-electron chi connectivity index (χ1n) is 6.61. The van der Waals surface area contributed by atoms with Crippen LogP contribution in [0.2, 0.25) is 0 Å². The molecule has 18 heavy (non-hydrogen) atoms. The summed E-state index contributed by atoms with van der Waals surface area (Å²) in [4.78, 5) is 25.1. The van der Waals surface area contributed by atoms with E-state index < -0.39 is 0 Å². The number of rotatable bonds is 3. The van der Waals surface area contributed by atoms with Crippen LogP contribution in [-0.2, 0) is 4.79 Å². The number of nitrogens with one attached hydrogen (secondary N) is 2. The Morgan fingerprint density at radius 2 is 2.06 bits per heavy atom. The van der Waals surface area contributed by atoms with Gasteiger partial charge in [0.1, 0.15) is 0 Å². The van der Waals surface area contributed by atoms with Gasteiger partial charge in [-0.2, -0.15) is 0 Å². The number of carbonyl (C=O) groups excluding carboxylic acids is 2. The first kappa shape index (κ1) is 13.3. The van der Waals surface area contributed by atoms with Gasteiger partial charge in [-0.05, 0) is 25.2 Å². The maximum Gasteiger partial charge on any atom is 0.321 e. The second kappa shape index (κ2) is 5.67. The lowest BCUT2D eigenvalue weighted by Gasteiger charge is -2.34. The molecule has 0 aromatic carbocycles. The Kier molecular flexibility index (Phi) is 4.19. The number of imide groups is 1. The van der Waals surface area contributed by atoms with E-state index in [1.54, 1.807) is 0 Å². The molecule has 0 bridgehead atoms. The lowest BCUT2D eigenvalue weighted by molar-refractivity contribution is -0.121. The van der Waals surface area contributed by atoms with Crippen LogP contribution in [0.1, 0.15) is 26.2 Å². The number of urea groups is 1. The van der Waals surface area contributed by atoms with Gasteiger partial charge in [0.2, 0.25) is 5.91 Å². The summed E-state index contributed by atoms with van der Waals surface area (Å²) in [5.74, 6) is 0.247. The van der Waals surface area contributed by atoms with Crippen molar-refractivity contribution in [2.24, 2.45) is 11.7 Å². The molecule has 1 aliphatic carbocycles. The monoisotopic (exact) mass is 254 g/mol. The molecule has 2 rings (SSSR count). The molecule has 6 nitrogen and oxygen atoms in total. The van der Waals surface area contributed by atoms with Crippen LogP contribution in [0.25, 0.3) is 0 Å². The number of nitrogens with zero attached hydrogens (tertiary/aromatic N) is 1. The fourth-order valence-corrected chi connectivity index (χ4v) is 2.46. The number of carbonyl (C=O) groups is 2. The summed E-state index contributed by atoms with van der Waals surface area (Å²) >= 11 is 0. The third kappa shape index (κ3) is 4.27. The van der Waals surface area contributed by atoms with Crippen LogP contribution in [0.3, 0.4) is 0 Å². The Morgan fingerprint density at radius 3 is 2.67 bits per heavy atom. The third-order valence-electron chi connectivity index (χ3n) is 3.30. The minimum absolute atomic E-state index is 0.127. The van der Waals surface area contributed by atoms with Crippen LogP contribution in [0.15, 0.2) is 0 Å². The topological polar surface area (TPSA) is 87.5 Å². The maximum atomic E-state index is 11.7. The molecule has 6 heteroatoms. The van der Waals surface area contributed by atoms with Crippen LogP contribution < -0.4 is 16.4 Å². The van der Waals surface area contributed by atoms with Gasteiger partial charge in [0.15, 0.2) is 0 Å². The van der Waals surface area contributed by atoms with E-state index in [2.05, 4.69) is 17.6 Å². The Hall–Kier alpha value is -1.14. The number of piperidine rings is 1. The predicted molar refractivity (Wildman–Crippen MR) is 67.9 cm³/mol. The fourth-order valence-electron chi connectivity index (χ4n) is 2.46. The second-order valence-corrected chi connectivity index (χ2v) is 5.59. The number of amides is 3. The molecule has 0 spiro atoms. The SMILES string of the molecule is CC1CC(N)CN(CC(=O)NC(=O)NC2CC2)C1. The van der Waals surface area contributed by atoms with Crippen LogP contribution in [0.5, 0.6) is 0 Å². The summed E-state index contributed by atoms with van der Waals surface area (Å²) in [7, 11) is 0. The molecule has 1 saturated carbocycles. The van der Waals surface area contributed by atoms with Crippen molar-refractivity contribution in [3.8, 4) is 0 Å². The molecule has 4 N–H and O–H groups in total. The lowest BCUT2D eigenvalue weighted by Crippen LogP contribution is -2.51. The highest BCUT2D eigenvalue weighted by atomic mass is 16.2. The van der Waals surface area contributed by atoms with Crippen molar-refractivity contribution >= 4 is 11.9 Å². The first-order chi connectivity index (χ1) is 8.52. The smallest absolute Gasteiger partial charge is 0.321 e. The van der Waals surface area contributed by atoms with Gasteiger partial charge in [-0.1, -0.05) is 6.92 Å². The molecule has 1 heterocycles. The normalized spacial score (nSPS) is 28.8. The lowest BCUT2D eigenvalue weighted by atomic mass is 9.97. The van der Waals surface area contributed by atoms with Gasteiger partial charge in [0.25, 0.3) is 0 Å². The van der Waals surface area contributed by atoms with Crippen LogP contribution in [0.4, 0.5) is 4.79 Å². The number of likely N-dealkylation sites (tertiary alicyclic amines) is 1. The Bertz CT molecular complexity index is 320. The molecule has 1 saturated heterocycles. The molecule has 2 unspecified atom stereocenters. The van der Waals surface area contributed by atoms with Crippen molar-refractivity contribution in [1.82, 2.24) is 15.5 Å². The van der Waals surface area contributed by atoms with Crippen molar-refractivity contribution in [2.45, 2.75) is 38.3 Å². The van der Waals surface area contributed by atoms with Crippen molar-refractivity contribution in [2.75, 3.05) is 19.6 Å². The van der Waals surface area contributed by atoms with Gasteiger partial charge in [0, 0.05) is 25.2 Å². The number of hydrogen-bond donors (Lipinski definition) is 3. The first-order valence-corrected chi connectivity index (χ1v) is 6.61. The van der Waals surface area contributed by atoms with Gasteiger partial charge in [-0.25, -0.2) is 4.79 Å². The molecule has 0 aromatic rings. The van der Waals surface area contributed by atoms with Crippen molar-refractivity contribution < 1.29 is 9.59 Å². The molecule has 2 fully saturated rings. The van der Waals surface area contributed by atoms with Crippen LogP contribution in [-0.4, -0.2) is 48.6 Å². The zero-order chi connectivity index (χ0) is 13.1. The van der Waals surface area contributed by atoms with E-state index in [1.807, 2.05) is 4.90 Å². The quantitative estimate of drug-likeness (QED) is 0.642. The zero-order valence-electron chi connectivity index (χ0n) is 10.8. The van der Waals surface area contributed by atoms with Gasteiger partial charge in [-0.15, -0.1) is 0 Å². The van der Waals surface area contributed by atoms with E-state index in [9.17, 15) is 9.59 Å². The fraction of sp³-hybridized carbons (Fsp3) is 0.833. The highest BCUT2D eigenvalue weighted by Gasteiger charge is 2.26. The molecule has 3 amide bonds. The van der Waals surface area contributed by atoms with E-state index in [4.69, 9.17) is 5.73 Å². The van der Waals surface area contributed by atoms with Crippen molar-refractivity contribution in [3.05, 3.63) is 0 Å². The van der Waals surface area contributed by atoms with Crippen LogP contribution in [0, 0.1) is 5.92 Å². The minimum atomic E-state index is -0.378. The summed E-state index contributed by atoms with van der Waals surface area (Å²) in [6.07, 6.45) is 3.03. The summed E-state index contributed by atoms with van der Waals surface area (Å²) < 4.78 is 0. The summed E-state index contributed by atoms with van der Waals surface area (Å²) in [5, 5.41) is 5.08. The summed E-state index contributed by atoms with van der Waals surface area (Å²) in [5.41, 5.74) is 5.91. The van der Waals surface area contributed by atoms with E-state index in [0.717, 1.165) is 32.4 Å². The maximum absolute atomic E-state index is 11.7. The minimum Gasteiger partial charge on any atom is -0.335 e. The highest BCUT2D eigenvalue weighted by Crippen LogP contribution is 2.18. The van der Waals surface area contributed by atoms with Crippen molar-refractivity contribution in [1.29, 1.82) is 0 Å². The van der Waals surface area contributed by atoms with E-state index in [1.165, 1.54) is 0 Å². The van der Waals surface area contributed by atoms with Crippen LogP contribution >= 0.6 is 0 Å². The number of hydrogen-bond acceptors (Lipinski definition) is 4. The molecular formula is C12H22N4O2. The second-order valence-electron chi connectivity index (χ2n) is 5.59. The van der Waals surface area contributed by atoms with E-state index >= 15 is 0 Å². The molecule has 102 valence electrons. The molecule has 0 radical (unpaired) electrons. The molecule has 0 aromatic heterocycles. The molecule has 1 aliphatic heterocycles. The summed E-state index contributed by atoms with van der Waals surface area (Å²) in [6.45, 7) is 3.97. The summed E-state index contributed by atoms with van der Waals surface area (Å²) in [6, 6.07) is 0.0138. The highest BCUT2D eigenvalue weighted by molar-refractivity contribution is 5.95. The van der Waals surface area contributed by atoms with Crippen molar-refractivity contribution in [3.63, 3.8) is 0 Å². The largest absolute Gasteiger partial charge is 0.335 e. The average molecular weight is 254 g/mol. The Morgan fingerprint density at radius 1 is 1.33 bits per heavy atom. The Balaban J connectivity index is 1.70. The predicted octanol–water partition coefficient (Wildman–Crippen LogP) is -0.356. The van der Waals surface area contributed by atoms with E-state index in [0.29, 0.717) is 5.92 Å². The average Bonchev–Trinajstić information content (AvgIpc) is 2.98. The molecule has 2 aliphatic rings.